The number of nitrogens with one attached hydrogen (secondary N) is 2. The van der Waals surface area contributed by atoms with E-state index < -0.39 is 10.0 Å². The van der Waals surface area contributed by atoms with Crippen LogP contribution in [0.5, 0.6) is 0 Å². The Bertz CT molecular complexity index is 1200. The average molecular weight is 391 g/mol. The highest BCUT2D eigenvalue weighted by Gasteiger charge is 2.26. The fraction of sp³-hybridized carbons (Fsp3) is 0.0476. The number of fused-ring (bicyclic) bond motifs is 1. The standard InChI is InChI=1S/C21H17N3O3S/c1-14-4-2-6-16(10-14)24-28(26,27)17-7-8-20-18(12-17)19(21(25)23-20)11-15-5-3-9-22-13-15/h2-13,24H,1H3,(H,23,25)/b19-11+. The number of carbonyl (C=O) groups is 1. The van der Waals surface area contributed by atoms with Crippen LogP contribution in [0.4, 0.5) is 11.4 Å². The van der Waals surface area contributed by atoms with Crippen LogP contribution in [0.2, 0.25) is 0 Å². The first-order chi connectivity index (χ1) is 13.4. The monoisotopic (exact) mass is 391 g/mol. The summed E-state index contributed by atoms with van der Waals surface area (Å²) in [5.74, 6) is -0.278. The summed E-state index contributed by atoms with van der Waals surface area (Å²) in [4.78, 5) is 16.5. The molecule has 2 heterocycles. The van der Waals surface area contributed by atoms with Crippen LogP contribution < -0.4 is 10.0 Å². The van der Waals surface area contributed by atoms with Crippen molar-refractivity contribution < 1.29 is 13.2 Å². The third kappa shape index (κ3) is 3.52. The molecule has 0 spiro atoms. The maximum Gasteiger partial charge on any atom is 0.261 e. The van der Waals surface area contributed by atoms with Gasteiger partial charge in [0.15, 0.2) is 0 Å². The topological polar surface area (TPSA) is 88.2 Å². The second kappa shape index (κ2) is 6.94. The summed E-state index contributed by atoms with van der Waals surface area (Å²) in [5.41, 5.74) is 3.71. The normalized spacial score (nSPS) is 14.6. The summed E-state index contributed by atoms with van der Waals surface area (Å²) in [6.07, 6.45) is 4.98. The lowest BCUT2D eigenvalue weighted by atomic mass is 10.0. The number of pyridine rings is 1. The van der Waals surface area contributed by atoms with Gasteiger partial charge in [-0.15, -0.1) is 0 Å². The maximum atomic E-state index is 12.8. The summed E-state index contributed by atoms with van der Waals surface area (Å²) in [5, 5.41) is 2.76. The number of hydrogen-bond acceptors (Lipinski definition) is 4. The number of nitrogens with zero attached hydrogens (tertiary/aromatic N) is 1. The van der Waals surface area contributed by atoms with E-state index in [1.54, 1.807) is 48.8 Å². The Morgan fingerprint density at radius 1 is 1.07 bits per heavy atom. The smallest absolute Gasteiger partial charge is 0.261 e. The molecule has 4 rings (SSSR count). The average Bonchev–Trinajstić information content (AvgIpc) is 2.97. The number of benzene rings is 2. The molecule has 0 fully saturated rings. The van der Waals surface area contributed by atoms with Crippen LogP contribution in [0, 0.1) is 6.92 Å². The molecular formula is C21H17N3O3S. The van der Waals surface area contributed by atoms with Gasteiger partial charge in [0, 0.05) is 34.9 Å². The van der Waals surface area contributed by atoms with Gasteiger partial charge in [-0.25, -0.2) is 8.42 Å². The summed E-state index contributed by atoms with van der Waals surface area (Å²) in [6, 6.07) is 15.3. The van der Waals surface area contributed by atoms with Crippen molar-refractivity contribution in [2.45, 2.75) is 11.8 Å². The van der Waals surface area contributed by atoms with Gasteiger partial charge in [0.2, 0.25) is 0 Å². The van der Waals surface area contributed by atoms with Gasteiger partial charge in [-0.05, 0) is 60.5 Å². The fourth-order valence-corrected chi connectivity index (χ4v) is 4.10. The molecule has 0 atom stereocenters. The number of aromatic nitrogens is 1. The number of amides is 1. The van der Waals surface area contributed by atoms with E-state index in [0.29, 0.717) is 22.5 Å². The van der Waals surface area contributed by atoms with Crippen LogP contribution in [0.3, 0.4) is 0 Å². The maximum absolute atomic E-state index is 12.8. The van der Waals surface area contributed by atoms with Crippen molar-refractivity contribution in [2.75, 3.05) is 10.0 Å². The van der Waals surface area contributed by atoms with E-state index in [-0.39, 0.29) is 10.8 Å². The molecule has 28 heavy (non-hydrogen) atoms. The molecule has 140 valence electrons. The summed E-state index contributed by atoms with van der Waals surface area (Å²) in [6.45, 7) is 1.89. The minimum atomic E-state index is -3.79. The molecule has 0 aliphatic carbocycles. The predicted octanol–water partition coefficient (Wildman–Crippen LogP) is 3.68. The number of sulfonamides is 1. The van der Waals surface area contributed by atoms with E-state index in [9.17, 15) is 13.2 Å². The van der Waals surface area contributed by atoms with Crippen molar-refractivity contribution >= 4 is 39.0 Å². The van der Waals surface area contributed by atoms with Crippen LogP contribution in [-0.2, 0) is 14.8 Å². The summed E-state index contributed by atoms with van der Waals surface area (Å²) < 4.78 is 28.2. The zero-order chi connectivity index (χ0) is 19.7. The SMILES string of the molecule is Cc1cccc(NS(=O)(=O)c2ccc3c(c2)/C(=C\c2cccnc2)C(=O)N3)c1. The van der Waals surface area contributed by atoms with Crippen LogP contribution in [0.25, 0.3) is 11.6 Å². The van der Waals surface area contributed by atoms with E-state index in [1.165, 1.54) is 12.1 Å². The Labute approximate surface area is 163 Å². The first-order valence-corrected chi connectivity index (χ1v) is 10.1. The Balaban J connectivity index is 1.72. The molecule has 0 saturated heterocycles. The molecular weight excluding hydrogens is 374 g/mol. The summed E-state index contributed by atoms with van der Waals surface area (Å²) >= 11 is 0. The molecule has 1 aromatic heterocycles. The number of hydrogen-bond donors (Lipinski definition) is 2. The number of anilines is 2. The fourth-order valence-electron chi connectivity index (χ4n) is 3.03. The summed E-state index contributed by atoms with van der Waals surface area (Å²) in [7, 11) is -3.79. The molecule has 3 aromatic rings. The molecule has 2 aromatic carbocycles. The second-order valence-corrected chi connectivity index (χ2v) is 8.16. The predicted molar refractivity (Wildman–Crippen MR) is 109 cm³/mol. The molecule has 0 bridgehead atoms. The minimum Gasteiger partial charge on any atom is -0.321 e. The Hall–Kier alpha value is -3.45. The van der Waals surface area contributed by atoms with Crippen LogP contribution in [-0.4, -0.2) is 19.3 Å². The highest BCUT2D eigenvalue weighted by molar-refractivity contribution is 7.92. The van der Waals surface area contributed by atoms with Crippen molar-refractivity contribution in [1.82, 2.24) is 4.98 Å². The van der Waals surface area contributed by atoms with Crippen LogP contribution >= 0.6 is 0 Å². The Morgan fingerprint density at radius 3 is 2.68 bits per heavy atom. The highest BCUT2D eigenvalue weighted by atomic mass is 32.2. The lowest BCUT2D eigenvalue weighted by Gasteiger charge is -2.10. The van der Waals surface area contributed by atoms with Gasteiger partial charge in [0.05, 0.1) is 4.90 Å². The number of rotatable bonds is 4. The van der Waals surface area contributed by atoms with Gasteiger partial charge in [0.1, 0.15) is 0 Å². The molecule has 1 amide bonds. The lowest BCUT2D eigenvalue weighted by molar-refractivity contribution is -0.110. The zero-order valence-corrected chi connectivity index (χ0v) is 15.8. The van der Waals surface area contributed by atoms with Crippen molar-refractivity contribution in [3.63, 3.8) is 0 Å². The van der Waals surface area contributed by atoms with Gasteiger partial charge >= 0.3 is 0 Å². The van der Waals surface area contributed by atoms with E-state index in [2.05, 4.69) is 15.0 Å². The zero-order valence-electron chi connectivity index (χ0n) is 15.0. The lowest BCUT2D eigenvalue weighted by Crippen LogP contribution is -2.13. The molecule has 6 nitrogen and oxygen atoms in total. The third-order valence-corrected chi connectivity index (χ3v) is 5.73. The van der Waals surface area contributed by atoms with E-state index >= 15 is 0 Å². The van der Waals surface area contributed by atoms with Crippen molar-refractivity contribution in [3.05, 3.63) is 83.7 Å². The second-order valence-electron chi connectivity index (χ2n) is 6.48. The quantitative estimate of drug-likeness (QED) is 0.664. The Morgan fingerprint density at radius 2 is 1.93 bits per heavy atom. The number of aryl methyl sites for hydroxylation is 1. The van der Waals surface area contributed by atoms with Crippen LogP contribution in [0.15, 0.2) is 71.9 Å². The minimum absolute atomic E-state index is 0.0846. The van der Waals surface area contributed by atoms with Gasteiger partial charge < -0.3 is 5.32 Å². The van der Waals surface area contributed by atoms with Gasteiger partial charge in [-0.2, -0.15) is 0 Å². The van der Waals surface area contributed by atoms with Crippen molar-refractivity contribution in [2.24, 2.45) is 0 Å². The van der Waals surface area contributed by atoms with Gasteiger partial charge in [-0.3, -0.25) is 14.5 Å². The van der Waals surface area contributed by atoms with Gasteiger partial charge in [-0.1, -0.05) is 18.2 Å². The first kappa shape index (κ1) is 17.9. The molecule has 2 N–H and O–H groups in total. The molecule has 0 unspecified atom stereocenters. The first-order valence-electron chi connectivity index (χ1n) is 8.59. The van der Waals surface area contributed by atoms with E-state index in [1.807, 2.05) is 19.1 Å². The molecule has 7 heteroatoms. The molecule has 0 saturated carbocycles. The van der Waals surface area contributed by atoms with Crippen molar-refractivity contribution in [1.29, 1.82) is 0 Å². The van der Waals surface area contributed by atoms with Crippen molar-refractivity contribution in [3.8, 4) is 0 Å². The molecule has 0 radical (unpaired) electrons. The molecule has 1 aliphatic rings. The van der Waals surface area contributed by atoms with E-state index in [0.717, 1.165) is 11.1 Å². The largest absolute Gasteiger partial charge is 0.321 e. The van der Waals surface area contributed by atoms with Gasteiger partial charge in [0.25, 0.3) is 15.9 Å². The Kier molecular flexibility index (Phi) is 4.44. The van der Waals surface area contributed by atoms with E-state index in [4.69, 9.17) is 0 Å². The number of carbonyl (C=O) groups excluding carboxylic acids is 1. The third-order valence-electron chi connectivity index (χ3n) is 4.35. The molecule has 1 aliphatic heterocycles. The highest BCUT2D eigenvalue weighted by Crippen LogP contribution is 2.35. The van der Waals surface area contributed by atoms with Crippen LogP contribution in [0.1, 0.15) is 16.7 Å².